The maximum absolute atomic E-state index is 16.9. The normalized spacial score (nSPS) is 24.0. The van der Waals surface area contributed by atoms with Crippen LogP contribution in [0.2, 0.25) is 33.2 Å². The summed E-state index contributed by atoms with van der Waals surface area (Å²) < 4.78 is 45.7. The first kappa shape index (κ1) is 36.4. The van der Waals surface area contributed by atoms with Gasteiger partial charge in [-0.15, -0.1) is 0 Å². The van der Waals surface area contributed by atoms with E-state index in [2.05, 4.69) is 99.0 Å². The Balaban J connectivity index is 2.51. The molecule has 0 bridgehead atoms. The Morgan fingerprint density at radius 2 is 1.29 bits per heavy atom. The predicted octanol–water partition coefficient (Wildman–Crippen LogP) is 9.39. The fourth-order valence-corrected chi connectivity index (χ4v) is 19.1. The van der Waals surface area contributed by atoms with Crippen molar-refractivity contribution < 1.29 is 32.2 Å². The van der Waals surface area contributed by atoms with Gasteiger partial charge in [0.2, 0.25) is 8.32 Å². The fraction of sp³-hybridized carbons (Fsp3) is 0.774. The minimum absolute atomic E-state index is 0.165. The lowest BCUT2D eigenvalue weighted by molar-refractivity contribution is -0.132. The highest BCUT2D eigenvalue weighted by Crippen LogP contribution is 2.51. The SMILES string of the molecule is COc1ccc(C(=O)O[C@H]2O[C@H](CO[Si](C(C)C)(C(C)C)C(C)C)[C@@H](O[Si](C(C)C)(C(C)C)C(C)C)[C@]2(F)Br)cc1. The van der Waals surface area contributed by atoms with Gasteiger partial charge in [-0.1, -0.05) is 83.1 Å². The minimum Gasteiger partial charge on any atom is -0.497 e. The number of rotatable bonds is 14. The number of alkyl halides is 2. The Hall–Kier alpha value is -0.786. The molecule has 0 spiro atoms. The van der Waals surface area contributed by atoms with Crippen LogP contribution in [0, 0.1) is 0 Å². The topological polar surface area (TPSA) is 63.2 Å². The molecular formula is C31H54BrFO6Si2. The van der Waals surface area contributed by atoms with E-state index in [9.17, 15) is 4.79 Å². The van der Waals surface area contributed by atoms with Crippen LogP contribution >= 0.6 is 15.9 Å². The first-order chi connectivity index (χ1) is 18.9. The van der Waals surface area contributed by atoms with Crippen LogP contribution < -0.4 is 4.74 Å². The lowest BCUT2D eigenvalue weighted by Crippen LogP contribution is -2.56. The summed E-state index contributed by atoms with van der Waals surface area (Å²) in [6, 6.07) is 6.49. The van der Waals surface area contributed by atoms with Gasteiger partial charge in [0.1, 0.15) is 18.0 Å². The summed E-state index contributed by atoms with van der Waals surface area (Å²) in [5.74, 6) is -0.0788. The molecule has 0 saturated carbocycles. The maximum Gasteiger partial charge on any atom is 0.340 e. The van der Waals surface area contributed by atoms with Crippen molar-refractivity contribution in [3.8, 4) is 5.75 Å². The van der Waals surface area contributed by atoms with E-state index in [1.54, 1.807) is 31.4 Å². The third kappa shape index (κ3) is 7.31. The summed E-state index contributed by atoms with van der Waals surface area (Å²) in [5.41, 5.74) is 2.00. The van der Waals surface area contributed by atoms with Gasteiger partial charge in [0, 0.05) is 0 Å². The minimum atomic E-state index is -2.56. The lowest BCUT2D eigenvalue weighted by atomic mass is 10.1. The van der Waals surface area contributed by atoms with Crippen LogP contribution in [0.3, 0.4) is 0 Å². The van der Waals surface area contributed by atoms with Gasteiger partial charge in [-0.25, -0.2) is 9.18 Å². The Morgan fingerprint density at radius 3 is 1.68 bits per heavy atom. The molecule has 0 aliphatic carbocycles. The molecule has 1 fully saturated rings. The number of hydrogen-bond acceptors (Lipinski definition) is 6. The third-order valence-corrected chi connectivity index (χ3v) is 22.1. The zero-order valence-corrected chi connectivity index (χ0v) is 31.0. The number of ether oxygens (including phenoxy) is 3. The second kappa shape index (κ2) is 14.3. The zero-order chi connectivity index (χ0) is 31.5. The molecular weight excluding hydrogens is 623 g/mol. The van der Waals surface area contributed by atoms with Gasteiger partial charge < -0.3 is 23.1 Å². The number of esters is 1. The molecule has 0 aromatic heterocycles. The van der Waals surface area contributed by atoms with Gasteiger partial charge in [0.15, 0.2) is 8.32 Å². The highest BCUT2D eigenvalue weighted by Gasteiger charge is 2.63. The van der Waals surface area contributed by atoms with Crippen LogP contribution in [-0.2, 0) is 18.3 Å². The van der Waals surface area contributed by atoms with Crippen molar-refractivity contribution in [2.24, 2.45) is 0 Å². The molecule has 1 aromatic carbocycles. The van der Waals surface area contributed by atoms with Gasteiger partial charge in [0.05, 0.1) is 19.3 Å². The van der Waals surface area contributed by atoms with Crippen molar-refractivity contribution in [3.05, 3.63) is 29.8 Å². The van der Waals surface area contributed by atoms with Gasteiger partial charge >= 0.3 is 5.97 Å². The molecule has 1 aliphatic rings. The van der Waals surface area contributed by atoms with E-state index in [1.165, 1.54) is 0 Å². The van der Waals surface area contributed by atoms with E-state index in [0.29, 0.717) is 22.4 Å². The molecule has 1 heterocycles. The van der Waals surface area contributed by atoms with Gasteiger partial charge in [-0.2, -0.15) is 0 Å². The molecule has 41 heavy (non-hydrogen) atoms. The van der Waals surface area contributed by atoms with E-state index >= 15 is 4.39 Å². The molecule has 0 amide bonds. The van der Waals surface area contributed by atoms with E-state index in [0.717, 1.165) is 0 Å². The number of halogens is 2. The molecule has 0 radical (unpaired) electrons. The van der Waals surface area contributed by atoms with E-state index in [4.69, 9.17) is 23.1 Å². The molecule has 6 nitrogen and oxygen atoms in total. The summed E-state index contributed by atoms with van der Waals surface area (Å²) in [5, 5.41) is 0. The van der Waals surface area contributed by atoms with E-state index in [-0.39, 0.29) is 28.8 Å². The van der Waals surface area contributed by atoms with Crippen molar-refractivity contribution in [1.82, 2.24) is 0 Å². The average molecular weight is 678 g/mol. The standard InChI is InChI=1S/C31H54BrFO6Si2/c1-19(2)40(20(3)4,21(5)6)36-18-27-28(39-41(22(7)8,23(9)10)24(11)12)31(32,33)30(37-27)38-29(34)25-14-16-26(35-13)17-15-25/h14-17,19-24,27-28,30H,18H2,1-13H3/t27-,28-,30-,31-/m1/s1. The van der Waals surface area contributed by atoms with Crippen molar-refractivity contribution in [2.75, 3.05) is 13.7 Å². The number of methoxy groups -OCH3 is 1. The van der Waals surface area contributed by atoms with Gasteiger partial charge in [-0.05, 0) is 73.4 Å². The number of carbonyl (C=O) groups excluding carboxylic acids is 1. The molecule has 2 rings (SSSR count). The molecule has 10 heteroatoms. The summed E-state index contributed by atoms with van der Waals surface area (Å²) in [6.45, 7) is 26.4. The maximum atomic E-state index is 16.9. The molecule has 4 atom stereocenters. The molecule has 0 unspecified atom stereocenters. The fourth-order valence-electron chi connectivity index (χ4n) is 7.34. The second-order valence-electron chi connectivity index (χ2n) is 13.3. The highest BCUT2D eigenvalue weighted by atomic mass is 79.9. The van der Waals surface area contributed by atoms with Crippen molar-refractivity contribution >= 4 is 38.5 Å². The number of benzene rings is 1. The Labute approximate surface area is 258 Å². The first-order valence-electron chi connectivity index (χ1n) is 15.1. The number of carbonyl (C=O) groups is 1. The lowest BCUT2D eigenvalue weighted by Gasteiger charge is -2.46. The Kier molecular flexibility index (Phi) is 12.7. The Morgan fingerprint density at radius 1 is 0.854 bits per heavy atom. The second-order valence-corrected chi connectivity index (χ2v) is 25.4. The third-order valence-electron chi connectivity index (χ3n) is 9.11. The monoisotopic (exact) mass is 676 g/mol. The van der Waals surface area contributed by atoms with Crippen molar-refractivity contribution in [2.45, 2.75) is 139 Å². The smallest absolute Gasteiger partial charge is 0.340 e. The van der Waals surface area contributed by atoms with Crippen LogP contribution in [0.1, 0.15) is 93.4 Å². The van der Waals surface area contributed by atoms with E-state index < -0.39 is 45.7 Å². The van der Waals surface area contributed by atoms with Gasteiger partial charge in [0.25, 0.3) is 10.9 Å². The summed E-state index contributed by atoms with van der Waals surface area (Å²) in [7, 11) is -3.30. The van der Waals surface area contributed by atoms with Crippen LogP contribution in [0.5, 0.6) is 5.75 Å². The summed E-state index contributed by atoms with van der Waals surface area (Å²) >= 11 is 3.31. The average Bonchev–Trinajstić information content (AvgIpc) is 3.09. The van der Waals surface area contributed by atoms with Crippen molar-refractivity contribution in [3.63, 3.8) is 0 Å². The Bertz CT molecular complexity index is 940. The van der Waals surface area contributed by atoms with Crippen LogP contribution in [0.15, 0.2) is 24.3 Å². The zero-order valence-electron chi connectivity index (χ0n) is 27.4. The van der Waals surface area contributed by atoms with Crippen LogP contribution in [-0.4, -0.2) is 59.4 Å². The van der Waals surface area contributed by atoms with Crippen molar-refractivity contribution in [1.29, 1.82) is 0 Å². The van der Waals surface area contributed by atoms with Crippen LogP contribution in [0.4, 0.5) is 4.39 Å². The van der Waals surface area contributed by atoms with E-state index in [1.807, 2.05) is 0 Å². The van der Waals surface area contributed by atoms with Crippen LogP contribution in [0.25, 0.3) is 0 Å². The molecule has 1 aliphatic heterocycles. The first-order valence-corrected chi connectivity index (χ1v) is 20.2. The van der Waals surface area contributed by atoms with Gasteiger partial charge in [-0.3, -0.25) is 0 Å². The predicted molar refractivity (Wildman–Crippen MR) is 173 cm³/mol. The number of hydrogen-bond donors (Lipinski definition) is 0. The molecule has 1 saturated heterocycles. The molecule has 236 valence electrons. The largest absolute Gasteiger partial charge is 0.497 e. The quantitative estimate of drug-likeness (QED) is 0.111. The summed E-state index contributed by atoms with van der Waals surface area (Å²) in [4.78, 5) is 13.1. The molecule has 1 aromatic rings. The summed E-state index contributed by atoms with van der Waals surface area (Å²) in [6.07, 6.45) is -3.30. The molecule has 0 N–H and O–H groups in total. The highest BCUT2D eigenvalue weighted by molar-refractivity contribution is 9.10.